The van der Waals surface area contributed by atoms with Crippen molar-refractivity contribution in [3.8, 4) is 0 Å². The zero-order valence-corrected chi connectivity index (χ0v) is 27.0. The van der Waals surface area contributed by atoms with Crippen LogP contribution in [0.3, 0.4) is 0 Å². The van der Waals surface area contributed by atoms with Crippen molar-refractivity contribution in [3.05, 3.63) is 58.7 Å². The maximum atomic E-state index is 14.8. The minimum absolute atomic E-state index is 0.0153. The number of amides is 2. The molecule has 42 heavy (non-hydrogen) atoms. The second-order valence-corrected chi connectivity index (χ2v) is 15.3. The number of nitrogen functional groups attached to an aromatic ring is 1. The molecule has 5 heteroatoms. The third-order valence-electron chi connectivity index (χ3n) is 13.6. The minimum atomic E-state index is -0.625. The molecular weight excluding hydrogens is 518 g/mol. The third-order valence-corrected chi connectivity index (χ3v) is 13.6. The average molecular weight is 570 g/mol. The number of aryl methyl sites for hydroxylation is 2. The largest absolute Gasteiger partial charge is 0.399 e. The van der Waals surface area contributed by atoms with Crippen molar-refractivity contribution in [2.75, 3.05) is 25.1 Å². The van der Waals surface area contributed by atoms with Gasteiger partial charge >= 0.3 is 0 Å². The predicted molar refractivity (Wildman–Crippen MR) is 171 cm³/mol. The zero-order chi connectivity index (χ0) is 30.3. The first kappa shape index (κ1) is 29.3. The average Bonchev–Trinajstić information content (AvgIpc) is 2.97. The van der Waals surface area contributed by atoms with Gasteiger partial charge < -0.3 is 11.1 Å². The highest BCUT2D eigenvalue weighted by atomic mass is 16.2. The Morgan fingerprint density at radius 3 is 2.26 bits per heavy atom. The molecule has 4 aliphatic rings. The number of hydrogen-bond acceptors (Lipinski definition) is 4. The van der Waals surface area contributed by atoms with Crippen molar-refractivity contribution >= 4 is 23.2 Å². The molecule has 5 nitrogen and oxygen atoms in total. The van der Waals surface area contributed by atoms with Gasteiger partial charge in [0.1, 0.15) is 0 Å². The predicted octanol–water partition coefficient (Wildman–Crippen LogP) is 7.41. The number of anilines is 2. The van der Waals surface area contributed by atoms with Crippen molar-refractivity contribution in [2.24, 2.45) is 22.2 Å². The van der Waals surface area contributed by atoms with E-state index in [9.17, 15) is 9.59 Å². The Kier molecular flexibility index (Phi) is 6.68. The van der Waals surface area contributed by atoms with E-state index < -0.39 is 10.8 Å². The summed E-state index contributed by atoms with van der Waals surface area (Å²) in [6.07, 6.45) is 9.56. The molecule has 0 heterocycles. The second kappa shape index (κ2) is 9.59. The Bertz CT molecular complexity index is 1450. The number of carbonyl (C=O) groups excluding carboxylic acids is 2. The van der Waals surface area contributed by atoms with E-state index in [1.807, 2.05) is 13.1 Å². The quantitative estimate of drug-likeness (QED) is 0.298. The SMILES string of the molecule is CNc1ccc2c(c1)[C@@]1(C)CCC[C@](C)(C(=O)N(C)C(=O)[C@@]3(C)CCC[C@]4(C)c5cc(N)ccc5CC[C@@H]34)[C@]1(C)CC2. The van der Waals surface area contributed by atoms with E-state index in [1.54, 1.807) is 11.9 Å². The van der Waals surface area contributed by atoms with E-state index in [0.717, 1.165) is 75.6 Å². The van der Waals surface area contributed by atoms with Gasteiger partial charge in [0, 0.05) is 25.5 Å². The first-order valence-corrected chi connectivity index (χ1v) is 16.3. The Hall–Kier alpha value is -2.82. The molecule has 0 radical (unpaired) electrons. The fourth-order valence-corrected chi connectivity index (χ4v) is 10.7. The van der Waals surface area contributed by atoms with E-state index in [4.69, 9.17) is 5.73 Å². The van der Waals surface area contributed by atoms with E-state index in [2.05, 4.69) is 70.3 Å². The van der Waals surface area contributed by atoms with Crippen LogP contribution >= 0.6 is 0 Å². The van der Waals surface area contributed by atoms with Crippen molar-refractivity contribution in [1.29, 1.82) is 0 Å². The van der Waals surface area contributed by atoms with E-state index in [1.165, 1.54) is 22.3 Å². The van der Waals surface area contributed by atoms with Crippen LogP contribution in [0.5, 0.6) is 0 Å². The summed E-state index contributed by atoms with van der Waals surface area (Å²) in [5.74, 6) is 0.210. The fraction of sp³-hybridized carbons (Fsp3) is 0.622. The van der Waals surface area contributed by atoms with Gasteiger partial charge in [-0.1, -0.05) is 59.6 Å². The lowest BCUT2D eigenvalue weighted by Gasteiger charge is -2.63. The van der Waals surface area contributed by atoms with Gasteiger partial charge in [-0.05, 0) is 120 Å². The highest BCUT2D eigenvalue weighted by Gasteiger charge is 2.65. The molecule has 226 valence electrons. The summed E-state index contributed by atoms with van der Waals surface area (Å²) >= 11 is 0. The van der Waals surface area contributed by atoms with E-state index >= 15 is 0 Å². The molecule has 2 amide bonds. The number of fused-ring (bicyclic) bond motifs is 6. The molecule has 2 aromatic carbocycles. The van der Waals surface area contributed by atoms with E-state index in [0.29, 0.717) is 0 Å². The molecule has 4 aliphatic carbocycles. The number of hydrogen-bond donors (Lipinski definition) is 2. The molecule has 2 fully saturated rings. The van der Waals surface area contributed by atoms with Crippen LogP contribution < -0.4 is 11.1 Å². The summed E-state index contributed by atoms with van der Waals surface area (Å²) in [6, 6.07) is 13.1. The highest BCUT2D eigenvalue weighted by molar-refractivity contribution is 6.01. The number of nitrogens with zero attached hydrogens (tertiary/aromatic N) is 1. The lowest BCUT2D eigenvalue weighted by Crippen LogP contribution is -2.64. The van der Waals surface area contributed by atoms with Crippen LogP contribution in [0.15, 0.2) is 36.4 Å². The zero-order valence-electron chi connectivity index (χ0n) is 27.0. The van der Waals surface area contributed by atoms with Gasteiger partial charge in [0.15, 0.2) is 0 Å². The number of rotatable bonds is 3. The maximum Gasteiger partial charge on any atom is 0.235 e. The van der Waals surface area contributed by atoms with Gasteiger partial charge in [0.2, 0.25) is 11.8 Å². The van der Waals surface area contributed by atoms with E-state index in [-0.39, 0.29) is 34.0 Å². The van der Waals surface area contributed by atoms with Gasteiger partial charge in [-0.2, -0.15) is 0 Å². The topological polar surface area (TPSA) is 75.4 Å². The summed E-state index contributed by atoms with van der Waals surface area (Å²) in [7, 11) is 3.75. The molecule has 2 saturated carbocycles. The van der Waals surface area contributed by atoms with Crippen LogP contribution in [-0.2, 0) is 33.3 Å². The molecule has 0 spiro atoms. The van der Waals surface area contributed by atoms with Crippen molar-refractivity contribution in [3.63, 3.8) is 0 Å². The van der Waals surface area contributed by atoms with Gasteiger partial charge in [0.05, 0.1) is 10.8 Å². The van der Waals surface area contributed by atoms with Crippen LogP contribution in [0.4, 0.5) is 11.4 Å². The first-order valence-electron chi connectivity index (χ1n) is 16.3. The van der Waals surface area contributed by atoms with Crippen LogP contribution in [0, 0.1) is 22.2 Å². The Balaban J connectivity index is 1.34. The van der Waals surface area contributed by atoms with Crippen molar-refractivity contribution in [2.45, 2.75) is 110 Å². The van der Waals surface area contributed by atoms with Gasteiger partial charge in [-0.3, -0.25) is 14.5 Å². The van der Waals surface area contributed by atoms with Crippen LogP contribution in [0.2, 0.25) is 0 Å². The smallest absolute Gasteiger partial charge is 0.235 e. The fourth-order valence-electron chi connectivity index (χ4n) is 10.7. The van der Waals surface area contributed by atoms with Gasteiger partial charge in [0.25, 0.3) is 0 Å². The molecule has 0 unspecified atom stereocenters. The second-order valence-electron chi connectivity index (χ2n) is 15.3. The Morgan fingerprint density at radius 2 is 1.52 bits per heavy atom. The summed E-state index contributed by atoms with van der Waals surface area (Å²) in [4.78, 5) is 31.1. The Labute approximate surface area is 253 Å². The maximum absolute atomic E-state index is 14.8. The molecule has 0 aliphatic heterocycles. The highest BCUT2D eigenvalue weighted by Crippen LogP contribution is 2.66. The molecule has 3 N–H and O–H groups in total. The van der Waals surface area contributed by atoms with Gasteiger partial charge in [-0.15, -0.1) is 0 Å². The number of nitrogens with two attached hydrogens (primary N) is 1. The molecule has 0 saturated heterocycles. The lowest BCUT2D eigenvalue weighted by atomic mass is 9.41. The van der Waals surface area contributed by atoms with Crippen molar-refractivity contribution in [1.82, 2.24) is 4.90 Å². The molecule has 0 bridgehead atoms. The summed E-state index contributed by atoms with van der Waals surface area (Å²) < 4.78 is 0. The Morgan fingerprint density at radius 1 is 0.833 bits per heavy atom. The van der Waals surface area contributed by atoms with Crippen LogP contribution in [-0.4, -0.2) is 30.8 Å². The standard InChI is InChI=1S/C37H51N3O2/c1-33-17-8-18-34(2,30(33)15-12-24-10-13-26(38)22-28(24)33)31(41)40(7)32(42)36(4)20-9-19-35(3)29-23-27(39-6)14-11-25(29)16-21-37(35,36)5/h10-11,13-14,22-23,30,39H,8-9,12,15-21,38H2,1-7H3/t30-,33-,34+,35-,36-,37-/m1/s1. The molecule has 0 aromatic heterocycles. The lowest BCUT2D eigenvalue weighted by molar-refractivity contribution is -0.171. The summed E-state index contributed by atoms with van der Waals surface area (Å²) in [6.45, 7) is 11.4. The number of nitrogens with one attached hydrogen (secondary N) is 1. The number of imide groups is 1. The first-order chi connectivity index (χ1) is 19.7. The molecule has 6 atom stereocenters. The summed E-state index contributed by atoms with van der Waals surface area (Å²) in [5.41, 5.74) is 11.9. The summed E-state index contributed by atoms with van der Waals surface area (Å²) in [5, 5.41) is 3.33. The van der Waals surface area contributed by atoms with Crippen molar-refractivity contribution < 1.29 is 9.59 Å². The van der Waals surface area contributed by atoms with Crippen LogP contribution in [0.25, 0.3) is 0 Å². The monoisotopic (exact) mass is 569 g/mol. The van der Waals surface area contributed by atoms with Crippen LogP contribution in [0.1, 0.15) is 108 Å². The van der Waals surface area contributed by atoms with Gasteiger partial charge in [-0.25, -0.2) is 0 Å². The third kappa shape index (κ3) is 3.73. The molecule has 6 rings (SSSR count). The molecule has 2 aromatic rings. The normalized spacial score (nSPS) is 37.0. The molecular formula is C37H51N3O2. The number of benzene rings is 2. The minimum Gasteiger partial charge on any atom is -0.399 e. The number of carbonyl (C=O) groups is 2.